The van der Waals surface area contributed by atoms with Crippen molar-refractivity contribution in [2.75, 3.05) is 31.9 Å². The second-order valence-corrected chi connectivity index (χ2v) is 11.6. The van der Waals surface area contributed by atoms with Gasteiger partial charge in [-0.05, 0) is 99.7 Å². The van der Waals surface area contributed by atoms with Crippen LogP contribution in [0.3, 0.4) is 0 Å². The van der Waals surface area contributed by atoms with Gasteiger partial charge in [0.1, 0.15) is 5.75 Å². The summed E-state index contributed by atoms with van der Waals surface area (Å²) in [7, 11) is 0. The lowest BCUT2D eigenvalue weighted by molar-refractivity contribution is 0.0518. The van der Waals surface area contributed by atoms with Gasteiger partial charge in [-0.2, -0.15) is 0 Å². The zero-order chi connectivity index (χ0) is 24.8. The number of nitrogen functional groups attached to an aromatic ring is 1. The largest absolute Gasteiger partial charge is 0.491 e. The summed E-state index contributed by atoms with van der Waals surface area (Å²) in [6.07, 6.45) is 6.04. The Morgan fingerprint density at radius 3 is 2.34 bits per heavy atom. The lowest BCUT2D eigenvalue weighted by Crippen LogP contribution is -2.49. The molecule has 2 aromatic rings. The predicted octanol–water partition coefficient (Wildman–Crippen LogP) is 5.76. The molecule has 6 heteroatoms. The fourth-order valence-electron chi connectivity index (χ4n) is 6.58. The minimum absolute atomic E-state index is 0.00286. The van der Waals surface area contributed by atoms with Gasteiger partial charge < -0.3 is 20.3 Å². The van der Waals surface area contributed by atoms with Gasteiger partial charge in [-0.15, -0.1) is 0 Å². The van der Waals surface area contributed by atoms with Crippen LogP contribution in [0.4, 0.5) is 5.69 Å². The first-order chi connectivity index (χ1) is 16.7. The van der Waals surface area contributed by atoms with Crippen LogP contribution in [0.2, 0.25) is 5.02 Å². The van der Waals surface area contributed by atoms with Crippen molar-refractivity contribution in [1.82, 2.24) is 9.80 Å². The number of anilines is 1. The van der Waals surface area contributed by atoms with Gasteiger partial charge >= 0.3 is 0 Å². The Morgan fingerprint density at radius 2 is 1.71 bits per heavy atom. The number of benzene rings is 2. The number of nitrogens with two attached hydrogens (primary N) is 1. The number of rotatable bonds is 5. The van der Waals surface area contributed by atoms with Gasteiger partial charge in [0.05, 0.1) is 22.4 Å². The number of hydrogen-bond acceptors (Lipinski definition) is 4. The number of carbonyl (C=O) groups excluding carboxylic acids is 1. The minimum atomic E-state index is -0.00286. The van der Waals surface area contributed by atoms with Crippen LogP contribution in [0.1, 0.15) is 68.8 Å². The zero-order valence-corrected chi connectivity index (χ0v) is 22.0. The van der Waals surface area contributed by atoms with Crippen molar-refractivity contribution in [3.05, 3.63) is 58.6 Å². The van der Waals surface area contributed by atoms with Crippen LogP contribution < -0.4 is 10.5 Å². The number of amides is 1. The maximum absolute atomic E-state index is 13.0. The molecule has 2 saturated heterocycles. The molecule has 2 heterocycles. The zero-order valence-electron chi connectivity index (χ0n) is 21.2. The highest BCUT2D eigenvalue weighted by Crippen LogP contribution is 2.69. The number of halogens is 1. The van der Waals surface area contributed by atoms with E-state index in [1.54, 1.807) is 18.2 Å². The quantitative estimate of drug-likeness (QED) is 0.536. The third-order valence-electron chi connectivity index (χ3n) is 8.88. The minimum Gasteiger partial charge on any atom is -0.491 e. The number of hydrogen-bond donors (Lipinski definition) is 1. The Bertz CT molecular complexity index is 1070. The molecule has 0 radical (unpaired) electrons. The average molecular weight is 496 g/mol. The van der Waals surface area contributed by atoms with E-state index >= 15 is 0 Å². The molecule has 5 nitrogen and oxygen atoms in total. The third-order valence-corrected chi connectivity index (χ3v) is 9.30. The number of carbonyl (C=O) groups is 1. The summed E-state index contributed by atoms with van der Waals surface area (Å²) in [6.45, 7) is 10.4. The Hall–Kier alpha value is -2.24. The van der Waals surface area contributed by atoms with Crippen molar-refractivity contribution in [3.63, 3.8) is 0 Å². The van der Waals surface area contributed by atoms with Crippen LogP contribution in [-0.2, 0) is 5.41 Å². The lowest BCUT2D eigenvalue weighted by atomic mass is 9.80. The van der Waals surface area contributed by atoms with Gasteiger partial charge in [0.15, 0.2) is 0 Å². The highest BCUT2D eigenvalue weighted by Gasteiger charge is 2.64. The van der Waals surface area contributed by atoms with E-state index in [1.165, 1.54) is 24.8 Å². The van der Waals surface area contributed by atoms with Gasteiger partial charge in [-0.3, -0.25) is 4.79 Å². The molecule has 188 valence electrons. The molecule has 0 aromatic heterocycles. The fourth-order valence-corrected chi connectivity index (χ4v) is 6.79. The molecule has 2 N–H and O–H groups in total. The van der Waals surface area contributed by atoms with E-state index in [9.17, 15) is 4.79 Å². The molecular formula is C29H38ClN3O2. The van der Waals surface area contributed by atoms with Gasteiger partial charge in [0, 0.05) is 19.1 Å². The van der Waals surface area contributed by atoms with Crippen molar-refractivity contribution in [3.8, 4) is 5.75 Å². The van der Waals surface area contributed by atoms with Crippen LogP contribution in [0.25, 0.3) is 0 Å². The summed E-state index contributed by atoms with van der Waals surface area (Å²) >= 11 is 6.30. The lowest BCUT2D eigenvalue weighted by Gasteiger charge is -2.43. The summed E-state index contributed by atoms with van der Waals surface area (Å²) < 4.78 is 5.84. The molecule has 2 aliphatic heterocycles. The molecule has 1 unspecified atom stereocenters. The van der Waals surface area contributed by atoms with Crippen LogP contribution in [0.15, 0.2) is 42.5 Å². The summed E-state index contributed by atoms with van der Waals surface area (Å²) in [5.74, 6) is 0.955. The standard InChI is InChI=1S/C29H38ClN3O2/c1-20(2)35-23-9-7-21(8-10-23)28(3)19-29(28)13-17-32(18-14-29)22-11-15-33(16-12-22)27(34)24-5-4-6-25(31)26(24)30/h4-10,20,22H,11-19,31H2,1-3H3. The first-order valence-electron chi connectivity index (χ1n) is 13.1. The van der Waals surface area contributed by atoms with E-state index in [4.69, 9.17) is 22.1 Å². The summed E-state index contributed by atoms with van der Waals surface area (Å²) in [5.41, 5.74) is 9.04. The van der Waals surface area contributed by atoms with E-state index < -0.39 is 0 Å². The molecule has 35 heavy (non-hydrogen) atoms. The van der Waals surface area contributed by atoms with Crippen molar-refractivity contribution < 1.29 is 9.53 Å². The third kappa shape index (κ3) is 4.53. The van der Waals surface area contributed by atoms with E-state index in [-0.39, 0.29) is 17.4 Å². The first-order valence-corrected chi connectivity index (χ1v) is 13.4. The van der Waals surface area contributed by atoms with Gasteiger partial charge in [-0.1, -0.05) is 36.7 Å². The number of likely N-dealkylation sites (tertiary alicyclic amines) is 2. The normalized spacial score (nSPS) is 24.7. The molecule has 1 saturated carbocycles. The molecule has 3 fully saturated rings. The SMILES string of the molecule is CC(C)Oc1ccc(C2(C)CC23CCN(C2CCN(C(=O)c4cccc(N)c4Cl)CC2)CC3)cc1. The van der Waals surface area contributed by atoms with Crippen LogP contribution in [-0.4, -0.2) is 54.0 Å². The number of piperidine rings is 2. The number of ether oxygens (including phenoxy) is 1. The summed E-state index contributed by atoms with van der Waals surface area (Å²) in [6, 6.07) is 14.7. The van der Waals surface area contributed by atoms with E-state index in [1.807, 2.05) is 4.90 Å². The molecule has 1 atom stereocenters. The van der Waals surface area contributed by atoms with Crippen LogP contribution in [0, 0.1) is 5.41 Å². The predicted molar refractivity (Wildman–Crippen MR) is 142 cm³/mol. The van der Waals surface area contributed by atoms with Crippen molar-refractivity contribution >= 4 is 23.2 Å². The molecule has 1 amide bonds. The second-order valence-electron chi connectivity index (χ2n) is 11.2. The Labute approximate surface area is 214 Å². The van der Waals surface area contributed by atoms with Crippen LogP contribution in [0.5, 0.6) is 5.75 Å². The monoisotopic (exact) mass is 495 g/mol. The van der Waals surface area contributed by atoms with Gasteiger partial charge in [0.2, 0.25) is 0 Å². The van der Waals surface area contributed by atoms with Gasteiger partial charge in [0.25, 0.3) is 5.91 Å². The average Bonchev–Trinajstić information content (AvgIpc) is 3.44. The Kier molecular flexibility index (Phi) is 6.52. The van der Waals surface area contributed by atoms with Gasteiger partial charge in [-0.25, -0.2) is 0 Å². The van der Waals surface area contributed by atoms with Crippen molar-refractivity contribution in [2.24, 2.45) is 5.41 Å². The maximum Gasteiger partial charge on any atom is 0.255 e. The number of nitrogens with zero attached hydrogens (tertiary/aromatic N) is 2. The van der Waals surface area contributed by atoms with E-state index in [2.05, 4.69) is 49.9 Å². The molecule has 1 spiro atoms. The summed E-state index contributed by atoms with van der Waals surface area (Å²) in [5, 5.41) is 0.371. The molecule has 5 rings (SSSR count). The molecule has 2 aromatic carbocycles. The van der Waals surface area contributed by atoms with Crippen molar-refractivity contribution in [2.45, 2.75) is 70.4 Å². The Balaban J connectivity index is 1.14. The highest BCUT2D eigenvalue weighted by atomic mass is 35.5. The van der Waals surface area contributed by atoms with E-state index in [0.717, 1.165) is 44.8 Å². The second kappa shape index (κ2) is 9.33. The molecular weight excluding hydrogens is 458 g/mol. The maximum atomic E-state index is 13.0. The molecule has 1 aliphatic carbocycles. The van der Waals surface area contributed by atoms with Crippen LogP contribution >= 0.6 is 11.6 Å². The van der Waals surface area contributed by atoms with E-state index in [0.29, 0.717) is 27.7 Å². The highest BCUT2D eigenvalue weighted by molar-refractivity contribution is 6.36. The molecule has 3 aliphatic rings. The first kappa shape index (κ1) is 24.5. The summed E-state index contributed by atoms with van der Waals surface area (Å²) in [4.78, 5) is 17.6. The Morgan fingerprint density at radius 1 is 1.06 bits per heavy atom. The fraction of sp³-hybridized carbons (Fsp3) is 0.552. The van der Waals surface area contributed by atoms with Crippen molar-refractivity contribution in [1.29, 1.82) is 0 Å². The topological polar surface area (TPSA) is 58.8 Å². The molecule has 0 bridgehead atoms. The smallest absolute Gasteiger partial charge is 0.255 e.